The van der Waals surface area contributed by atoms with Gasteiger partial charge in [-0.2, -0.15) is 0 Å². The lowest BCUT2D eigenvalue weighted by atomic mass is 10.2. The molecular formula is C20H19BrN2O2S. The molecule has 1 heterocycles. The Morgan fingerprint density at radius 1 is 1.15 bits per heavy atom. The average molecular weight is 431 g/mol. The fourth-order valence-electron chi connectivity index (χ4n) is 2.41. The third kappa shape index (κ3) is 4.63. The lowest BCUT2D eigenvalue weighted by Crippen LogP contribution is -2.32. The molecule has 2 aromatic carbocycles. The van der Waals surface area contributed by atoms with Crippen LogP contribution in [0.3, 0.4) is 0 Å². The summed E-state index contributed by atoms with van der Waals surface area (Å²) in [4.78, 5) is 19.8. The van der Waals surface area contributed by atoms with Crippen LogP contribution < -0.4 is 0 Å². The molecule has 0 radical (unpaired) electrons. The van der Waals surface area contributed by atoms with Gasteiger partial charge in [-0.25, -0.2) is 4.99 Å². The monoisotopic (exact) mass is 430 g/mol. The molecule has 0 bridgehead atoms. The van der Waals surface area contributed by atoms with Gasteiger partial charge in [-0.05, 0) is 54.6 Å². The maximum atomic E-state index is 12.8. The molecule has 1 saturated heterocycles. The van der Waals surface area contributed by atoms with Crippen molar-refractivity contribution in [3.05, 3.63) is 69.0 Å². The van der Waals surface area contributed by atoms with Crippen molar-refractivity contribution in [2.45, 2.75) is 6.92 Å². The van der Waals surface area contributed by atoms with Gasteiger partial charge < -0.3 is 4.74 Å². The van der Waals surface area contributed by atoms with Crippen LogP contribution in [-0.2, 0) is 9.53 Å². The van der Waals surface area contributed by atoms with E-state index in [9.17, 15) is 4.79 Å². The maximum absolute atomic E-state index is 12.8. The lowest BCUT2D eigenvalue weighted by Gasteiger charge is -2.14. The Hall–Kier alpha value is -1.89. The topological polar surface area (TPSA) is 41.9 Å². The van der Waals surface area contributed by atoms with Crippen molar-refractivity contribution in [1.29, 1.82) is 0 Å². The number of hydrogen-bond acceptors (Lipinski definition) is 4. The Bertz CT molecular complexity index is 845. The van der Waals surface area contributed by atoms with Crippen molar-refractivity contribution in [1.82, 2.24) is 4.90 Å². The van der Waals surface area contributed by atoms with Gasteiger partial charge in [0.2, 0.25) is 0 Å². The van der Waals surface area contributed by atoms with Gasteiger partial charge in [0.25, 0.3) is 5.91 Å². The Labute approximate surface area is 166 Å². The van der Waals surface area contributed by atoms with Crippen molar-refractivity contribution < 1.29 is 9.53 Å². The molecule has 1 amide bonds. The molecule has 0 saturated carbocycles. The Kier molecular flexibility index (Phi) is 6.29. The standard InChI is InChI=1S/C20H19BrN2O2S/c1-14-3-9-17(10-4-14)22-20-23(11-12-25-2)19(24)18(26-20)13-15-5-7-16(21)8-6-15/h3-10,13H,11-12H2,1-2H3. The third-order valence-corrected chi connectivity index (χ3v) is 5.37. The zero-order valence-electron chi connectivity index (χ0n) is 14.6. The van der Waals surface area contributed by atoms with Crippen LogP contribution in [0.2, 0.25) is 0 Å². The minimum absolute atomic E-state index is 0.0409. The second kappa shape index (κ2) is 8.66. The molecule has 2 aromatic rings. The molecule has 0 aromatic heterocycles. The molecule has 0 aliphatic carbocycles. The molecule has 0 N–H and O–H groups in total. The van der Waals surface area contributed by atoms with Crippen LogP contribution in [0.5, 0.6) is 0 Å². The van der Waals surface area contributed by atoms with E-state index in [0.717, 1.165) is 15.7 Å². The quantitative estimate of drug-likeness (QED) is 0.626. The van der Waals surface area contributed by atoms with Crippen LogP contribution in [0.1, 0.15) is 11.1 Å². The number of halogens is 1. The summed E-state index contributed by atoms with van der Waals surface area (Å²) in [5.74, 6) is -0.0409. The summed E-state index contributed by atoms with van der Waals surface area (Å²) in [5, 5.41) is 0.680. The maximum Gasteiger partial charge on any atom is 0.266 e. The Morgan fingerprint density at radius 3 is 2.50 bits per heavy atom. The van der Waals surface area contributed by atoms with Gasteiger partial charge in [0.05, 0.1) is 23.7 Å². The number of aliphatic imine (C=N–C) groups is 1. The number of ether oxygens (including phenoxy) is 1. The van der Waals surface area contributed by atoms with E-state index in [0.29, 0.717) is 23.2 Å². The minimum Gasteiger partial charge on any atom is -0.383 e. The Balaban J connectivity index is 1.91. The van der Waals surface area contributed by atoms with Crippen molar-refractivity contribution in [3.63, 3.8) is 0 Å². The molecule has 0 unspecified atom stereocenters. The van der Waals surface area contributed by atoms with Crippen molar-refractivity contribution in [3.8, 4) is 0 Å². The van der Waals surface area contributed by atoms with E-state index in [1.54, 1.807) is 12.0 Å². The molecule has 0 atom stereocenters. The third-order valence-electron chi connectivity index (χ3n) is 3.83. The number of nitrogens with zero attached hydrogens (tertiary/aromatic N) is 2. The summed E-state index contributed by atoms with van der Waals surface area (Å²) in [7, 11) is 1.63. The highest BCUT2D eigenvalue weighted by atomic mass is 79.9. The highest BCUT2D eigenvalue weighted by Gasteiger charge is 2.33. The molecule has 6 heteroatoms. The second-order valence-electron chi connectivity index (χ2n) is 5.84. The normalized spacial score (nSPS) is 17.5. The molecule has 1 aliphatic rings. The summed E-state index contributed by atoms with van der Waals surface area (Å²) in [5.41, 5.74) is 2.99. The first-order valence-corrected chi connectivity index (χ1v) is 9.79. The summed E-state index contributed by atoms with van der Waals surface area (Å²) >= 11 is 4.82. The fraction of sp³-hybridized carbons (Fsp3) is 0.200. The number of amides is 1. The summed E-state index contributed by atoms with van der Waals surface area (Å²) < 4.78 is 6.16. The van der Waals surface area contributed by atoms with Crippen molar-refractivity contribution in [2.24, 2.45) is 4.99 Å². The first-order chi connectivity index (χ1) is 12.6. The van der Waals surface area contributed by atoms with E-state index in [2.05, 4.69) is 20.9 Å². The van der Waals surface area contributed by atoms with Gasteiger partial charge in [-0.3, -0.25) is 9.69 Å². The van der Waals surface area contributed by atoms with Crippen molar-refractivity contribution >= 4 is 50.5 Å². The smallest absolute Gasteiger partial charge is 0.266 e. The molecule has 4 nitrogen and oxygen atoms in total. The van der Waals surface area contributed by atoms with Crippen LogP contribution in [0.4, 0.5) is 5.69 Å². The summed E-state index contributed by atoms with van der Waals surface area (Å²) in [6.45, 7) is 2.98. The second-order valence-corrected chi connectivity index (χ2v) is 7.77. The number of benzene rings is 2. The fourth-order valence-corrected chi connectivity index (χ4v) is 3.70. The van der Waals surface area contributed by atoms with Gasteiger partial charge in [0, 0.05) is 11.6 Å². The van der Waals surface area contributed by atoms with Gasteiger partial charge in [0.1, 0.15) is 0 Å². The Morgan fingerprint density at radius 2 is 1.85 bits per heavy atom. The number of carbonyl (C=O) groups is 1. The minimum atomic E-state index is -0.0409. The summed E-state index contributed by atoms with van der Waals surface area (Å²) in [6.07, 6.45) is 1.90. The van der Waals surface area contributed by atoms with Gasteiger partial charge in [-0.1, -0.05) is 45.8 Å². The van der Waals surface area contributed by atoms with Gasteiger partial charge in [-0.15, -0.1) is 0 Å². The molecule has 1 aliphatic heterocycles. The van der Waals surface area contributed by atoms with Gasteiger partial charge >= 0.3 is 0 Å². The molecule has 0 spiro atoms. The molecule has 134 valence electrons. The van der Waals surface area contributed by atoms with Crippen LogP contribution in [0.25, 0.3) is 6.08 Å². The van der Waals surface area contributed by atoms with E-state index in [1.807, 2.05) is 61.5 Å². The van der Waals surface area contributed by atoms with Crippen LogP contribution >= 0.6 is 27.7 Å². The van der Waals surface area contributed by atoms with Crippen LogP contribution in [0, 0.1) is 6.92 Å². The molecule has 1 fully saturated rings. The highest BCUT2D eigenvalue weighted by Crippen LogP contribution is 2.34. The lowest BCUT2D eigenvalue weighted by molar-refractivity contribution is -0.122. The number of carbonyl (C=O) groups excluding carboxylic acids is 1. The SMILES string of the molecule is COCCN1C(=O)C(=Cc2ccc(Br)cc2)SC1=Nc1ccc(C)cc1. The number of methoxy groups -OCH3 is 1. The molecule has 26 heavy (non-hydrogen) atoms. The van der Waals surface area contributed by atoms with Crippen LogP contribution in [0.15, 0.2) is 62.9 Å². The number of rotatable bonds is 5. The predicted molar refractivity (Wildman–Crippen MR) is 112 cm³/mol. The summed E-state index contributed by atoms with van der Waals surface area (Å²) in [6, 6.07) is 15.8. The van der Waals surface area contributed by atoms with E-state index in [-0.39, 0.29) is 5.91 Å². The zero-order valence-corrected chi connectivity index (χ0v) is 17.0. The predicted octanol–water partition coefficient (Wildman–Crippen LogP) is 5.01. The number of amidine groups is 1. The van der Waals surface area contributed by atoms with Gasteiger partial charge in [0.15, 0.2) is 5.17 Å². The van der Waals surface area contributed by atoms with E-state index in [1.165, 1.54) is 17.3 Å². The zero-order chi connectivity index (χ0) is 18.5. The van der Waals surface area contributed by atoms with E-state index >= 15 is 0 Å². The average Bonchev–Trinajstić information content (AvgIpc) is 2.92. The molecular weight excluding hydrogens is 412 g/mol. The van der Waals surface area contributed by atoms with E-state index in [4.69, 9.17) is 4.74 Å². The number of thioether (sulfide) groups is 1. The number of hydrogen-bond donors (Lipinski definition) is 0. The highest BCUT2D eigenvalue weighted by molar-refractivity contribution is 9.10. The van der Waals surface area contributed by atoms with E-state index < -0.39 is 0 Å². The largest absolute Gasteiger partial charge is 0.383 e. The first-order valence-electron chi connectivity index (χ1n) is 8.18. The number of aryl methyl sites for hydroxylation is 1. The van der Waals surface area contributed by atoms with Crippen LogP contribution in [-0.4, -0.2) is 36.2 Å². The molecule has 3 rings (SSSR count). The van der Waals surface area contributed by atoms with Crippen molar-refractivity contribution in [2.75, 3.05) is 20.3 Å². The first kappa shape index (κ1) is 18.9.